The van der Waals surface area contributed by atoms with Gasteiger partial charge in [0.2, 0.25) is 5.91 Å². The van der Waals surface area contributed by atoms with Gasteiger partial charge in [0.15, 0.2) is 0 Å². The zero-order valence-corrected chi connectivity index (χ0v) is 17.5. The van der Waals surface area contributed by atoms with Gasteiger partial charge in [-0.25, -0.2) is 9.80 Å². The van der Waals surface area contributed by atoms with Crippen LogP contribution in [0.15, 0.2) is 30.3 Å². The molecule has 0 radical (unpaired) electrons. The first-order valence-corrected chi connectivity index (χ1v) is 9.51. The van der Waals surface area contributed by atoms with Crippen LogP contribution in [0.25, 0.3) is 0 Å². The summed E-state index contributed by atoms with van der Waals surface area (Å²) in [5, 5.41) is 3.42. The normalized spacial score (nSPS) is 20.5. The van der Waals surface area contributed by atoms with Crippen LogP contribution >= 0.6 is 0 Å². The summed E-state index contributed by atoms with van der Waals surface area (Å²) in [6.45, 7) is 6.56. The van der Waals surface area contributed by atoms with Crippen molar-refractivity contribution in [3.63, 3.8) is 0 Å². The minimum atomic E-state index is -0.657. The number of piperidine rings is 1. The van der Waals surface area contributed by atoms with Crippen molar-refractivity contribution in [1.82, 2.24) is 14.9 Å². The van der Waals surface area contributed by atoms with Crippen molar-refractivity contribution in [2.45, 2.75) is 45.6 Å². The van der Waals surface area contributed by atoms with E-state index in [-0.39, 0.29) is 12.0 Å². The summed E-state index contributed by atoms with van der Waals surface area (Å²) in [6, 6.07) is 10.0. The third kappa shape index (κ3) is 5.45. The van der Waals surface area contributed by atoms with Crippen LogP contribution in [0.5, 0.6) is 0 Å². The SMILES string of the molecule is CN(C)N(C)C(=O)[C@]1(Cc2ccccc2)CCCN(C(=O)OC(C)(C)C)C1. The number of nitrogens with zero attached hydrogens (tertiary/aromatic N) is 3. The summed E-state index contributed by atoms with van der Waals surface area (Å²) in [5.41, 5.74) is -0.111. The first-order chi connectivity index (χ1) is 12.5. The van der Waals surface area contributed by atoms with Gasteiger partial charge in [0.05, 0.1) is 5.41 Å². The molecule has 2 rings (SSSR count). The molecule has 27 heavy (non-hydrogen) atoms. The number of carbonyl (C=O) groups is 2. The van der Waals surface area contributed by atoms with Crippen LogP contribution in [0.1, 0.15) is 39.2 Å². The molecule has 0 saturated carbocycles. The van der Waals surface area contributed by atoms with Crippen LogP contribution in [-0.4, -0.2) is 66.8 Å². The smallest absolute Gasteiger partial charge is 0.410 e. The Hall–Kier alpha value is -2.08. The van der Waals surface area contributed by atoms with E-state index >= 15 is 0 Å². The quantitative estimate of drug-likeness (QED) is 0.759. The van der Waals surface area contributed by atoms with E-state index in [9.17, 15) is 9.59 Å². The highest BCUT2D eigenvalue weighted by molar-refractivity contribution is 5.84. The van der Waals surface area contributed by atoms with Gasteiger partial charge in [0.25, 0.3) is 0 Å². The molecule has 150 valence electrons. The van der Waals surface area contributed by atoms with Crippen LogP contribution < -0.4 is 0 Å². The number of rotatable bonds is 4. The van der Waals surface area contributed by atoms with Crippen LogP contribution in [-0.2, 0) is 16.0 Å². The predicted octanol–water partition coefficient (Wildman–Crippen LogP) is 3.18. The van der Waals surface area contributed by atoms with E-state index < -0.39 is 11.0 Å². The Morgan fingerprint density at radius 2 is 1.78 bits per heavy atom. The van der Waals surface area contributed by atoms with E-state index in [0.29, 0.717) is 19.5 Å². The molecule has 1 fully saturated rings. The molecule has 1 aliphatic rings. The molecule has 0 spiro atoms. The maximum atomic E-state index is 13.4. The van der Waals surface area contributed by atoms with Crippen molar-refractivity contribution in [2.75, 3.05) is 34.2 Å². The highest BCUT2D eigenvalue weighted by Crippen LogP contribution is 2.36. The first kappa shape index (κ1) is 21.2. The molecule has 0 aliphatic carbocycles. The predicted molar refractivity (Wildman–Crippen MR) is 106 cm³/mol. The third-order valence-corrected chi connectivity index (χ3v) is 4.96. The summed E-state index contributed by atoms with van der Waals surface area (Å²) < 4.78 is 5.56. The summed E-state index contributed by atoms with van der Waals surface area (Å²) >= 11 is 0. The average Bonchev–Trinajstić information content (AvgIpc) is 2.60. The van der Waals surface area contributed by atoms with Gasteiger partial charge >= 0.3 is 6.09 Å². The zero-order chi connectivity index (χ0) is 20.2. The number of benzene rings is 1. The molecule has 0 N–H and O–H groups in total. The van der Waals surface area contributed by atoms with E-state index in [1.54, 1.807) is 22.0 Å². The molecule has 1 saturated heterocycles. The number of likely N-dealkylation sites (tertiary alicyclic amines) is 1. The van der Waals surface area contributed by atoms with Crippen molar-refractivity contribution in [3.8, 4) is 0 Å². The Balaban J connectivity index is 2.31. The molecular formula is C21H33N3O3. The van der Waals surface area contributed by atoms with E-state index in [1.807, 2.05) is 65.2 Å². The minimum Gasteiger partial charge on any atom is -0.444 e. The average molecular weight is 376 g/mol. The Morgan fingerprint density at radius 1 is 1.15 bits per heavy atom. The molecule has 0 aromatic heterocycles. The molecule has 1 aromatic rings. The summed E-state index contributed by atoms with van der Waals surface area (Å²) in [7, 11) is 5.48. The summed E-state index contributed by atoms with van der Waals surface area (Å²) in [6.07, 6.45) is 1.78. The van der Waals surface area contributed by atoms with Gasteiger partial charge in [-0.3, -0.25) is 9.80 Å². The molecule has 2 amide bonds. The van der Waals surface area contributed by atoms with Crippen molar-refractivity contribution < 1.29 is 14.3 Å². The highest BCUT2D eigenvalue weighted by atomic mass is 16.6. The molecule has 6 nitrogen and oxygen atoms in total. The van der Waals surface area contributed by atoms with E-state index in [0.717, 1.165) is 18.4 Å². The van der Waals surface area contributed by atoms with Gasteiger partial charge in [-0.1, -0.05) is 30.3 Å². The molecule has 0 unspecified atom stereocenters. The lowest BCUT2D eigenvalue weighted by Crippen LogP contribution is -2.57. The molecule has 1 aliphatic heterocycles. The monoisotopic (exact) mass is 375 g/mol. The zero-order valence-electron chi connectivity index (χ0n) is 17.5. The van der Waals surface area contributed by atoms with E-state index in [4.69, 9.17) is 4.74 Å². The Kier molecular flexibility index (Phi) is 6.52. The summed E-state index contributed by atoms with van der Waals surface area (Å²) in [5.74, 6) is 0.0320. The van der Waals surface area contributed by atoms with Crippen LogP contribution in [0.4, 0.5) is 4.79 Å². The third-order valence-electron chi connectivity index (χ3n) is 4.96. The topological polar surface area (TPSA) is 53.1 Å². The van der Waals surface area contributed by atoms with Crippen molar-refractivity contribution >= 4 is 12.0 Å². The van der Waals surface area contributed by atoms with E-state index in [1.165, 1.54) is 0 Å². The van der Waals surface area contributed by atoms with Crippen molar-refractivity contribution in [3.05, 3.63) is 35.9 Å². The maximum Gasteiger partial charge on any atom is 0.410 e. The lowest BCUT2D eigenvalue weighted by atomic mass is 9.74. The van der Waals surface area contributed by atoms with Gasteiger partial charge in [-0.2, -0.15) is 0 Å². The Bertz CT molecular complexity index is 654. The standard InChI is InChI=1S/C21H33N3O3/c1-20(2,3)27-19(26)24-14-10-13-21(16-24,18(25)23(6)22(4)5)15-17-11-8-7-9-12-17/h7-9,11-12H,10,13-16H2,1-6H3/t21-/m0/s1. The minimum absolute atomic E-state index is 0.0320. The van der Waals surface area contributed by atoms with Gasteiger partial charge in [0.1, 0.15) is 5.60 Å². The fraction of sp³-hybridized carbons (Fsp3) is 0.619. The van der Waals surface area contributed by atoms with Gasteiger partial charge in [-0.15, -0.1) is 0 Å². The number of carbonyl (C=O) groups excluding carboxylic acids is 2. The second kappa shape index (κ2) is 8.30. The Labute approximate surface area is 163 Å². The number of ether oxygens (including phenoxy) is 1. The van der Waals surface area contributed by atoms with Gasteiger partial charge in [-0.05, 0) is 45.6 Å². The van der Waals surface area contributed by atoms with Crippen LogP contribution in [0.2, 0.25) is 0 Å². The number of hydrogen-bond donors (Lipinski definition) is 0. The molecule has 6 heteroatoms. The van der Waals surface area contributed by atoms with E-state index in [2.05, 4.69) is 0 Å². The maximum absolute atomic E-state index is 13.4. The Morgan fingerprint density at radius 3 is 2.33 bits per heavy atom. The number of hydrogen-bond acceptors (Lipinski definition) is 4. The van der Waals surface area contributed by atoms with Crippen LogP contribution in [0, 0.1) is 5.41 Å². The highest BCUT2D eigenvalue weighted by Gasteiger charge is 2.46. The summed E-state index contributed by atoms with van der Waals surface area (Å²) in [4.78, 5) is 27.8. The fourth-order valence-electron chi connectivity index (χ4n) is 3.52. The van der Waals surface area contributed by atoms with Gasteiger partial charge < -0.3 is 9.64 Å². The largest absolute Gasteiger partial charge is 0.444 e. The molecule has 1 aromatic carbocycles. The van der Waals surface area contributed by atoms with Gasteiger partial charge in [0, 0.05) is 34.2 Å². The van der Waals surface area contributed by atoms with Crippen LogP contribution in [0.3, 0.4) is 0 Å². The molecule has 1 heterocycles. The molecule has 0 bridgehead atoms. The number of hydrazine groups is 1. The molecular weight excluding hydrogens is 342 g/mol. The number of amides is 2. The first-order valence-electron chi connectivity index (χ1n) is 9.51. The second-order valence-electron chi connectivity index (χ2n) is 8.62. The fourth-order valence-corrected chi connectivity index (χ4v) is 3.52. The molecule has 1 atom stereocenters. The lowest BCUT2D eigenvalue weighted by Gasteiger charge is -2.44. The van der Waals surface area contributed by atoms with Crippen molar-refractivity contribution in [1.29, 1.82) is 0 Å². The van der Waals surface area contributed by atoms with Crippen molar-refractivity contribution in [2.24, 2.45) is 5.41 Å². The lowest BCUT2D eigenvalue weighted by molar-refractivity contribution is -0.156. The second-order valence-corrected chi connectivity index (χ2v) is 8.62.